The van der Waals surface area contributed by atoms with E-state index in [2.05, 4.69) is 20.9 Å². The molecule has 0 atom stereocenters. The number of oxazole rings is 1. The van der Waals surface area contributed by atoms with Crippen LogP contribution in [0.15, 0.2) is 33.5 Å². The van der Waals surface area contributed by atoms with Gasteiger partial charge in [0.2, 0.25) is 0 Å². The zero-order chi connectivity index (χ0) is 11.7. The fourth-order valence-corrected chi connectivity index (χ4v) is 1.62. The molecule has 0 aliphatic rings. The van der Waals surface area contributed by atoms with Crippen LogP contribution in [-0.2, 0) is 0 Å². The molecule has 0 aliphatic heterocycles. The van der Waals surface area contributed by atoms with E-state index >= 15 is 0 Å². The molecule has 0 fully saturated rings. The van der Waals surface area contributed by atoms with Crippen LogP contribution < -0.4 is 0 Å². The Morgan fingerprint density at radius 1 is 1.44 bits per heavy atom. The normalized spacial score (nSPS) is 10.3. The van der Waals surface area contributed by atoms with Crippen LogP contribution in [-0.4, -0.2) is 21.2 Å². The average Bonchev–Trinajstić information content (AvgIpc) is 2.60. The van der Waals surface area contributed by atoms with Gasteiger partial charge < -0.3 is 14.6 Å². The van der Waals surface area contributed by atoms with Crippen molar-refractivity contribution in [3.05, 3.63) is 34.8 Å². The van der Waals surface area contributed by atoms with E-state index in [1.54, 1.807) is 12.1 Å². The molecule has 2 rings (SSSR count). The Labute approximate surface area is 98.5 Å². The lowest BCUT2D eigenvalue weighted by molar-refractivity contribution is 0.0691. The molecular weight excluding hydrogens is 278 g/mol. The van der Waals surface area contributed by atoms with E-state index in [1.165, 1.54) is 12.1 Å². The number of aromatic nitrogens is 1. The van der Waals surface area contributed by atoms with E-state index in [9.17, 15) is 9.90 Å². The SMILES string of the molecule is O=C(O)c1nc(Br)oc1-c1cccc(O)c1. The number of benzene rings is 1. The van der Waals surface area contributed by atoms with Crippen LogP contribution in [0, 0.1) is 0 Å². The second-order valence-corrected chi connectivity index (χ2v) is 3.68. The Hall–Kier alpha value is -1.82. The minimum atomic E-state index is -1.19. The number of phenolic OH excluding ortho intramolecular Hbond substituents is 1. The number of halogens is 1. The molecule has 6 heteroatoms. The van der Waals surface area contributed by atoms with Crippen molar-refractivity contribution in [3.63, 3.8) is 0 Å². The number of rotatable bonds is 2. The van der Waals surface area contributed by atoms with Gasteiger partial charge in [-0.3, -0.25) is 0 Å². The van der Waals surface area contributed by atoms with Gasteiger partial charge >= 0.3 is 5.97 Å². The van der Waals surface area contributed by atoms with E-state index in [0.29, 0.717) is 5.56 Å². The quantitative estimate of drug-likeness (QED) is 0.885. The third kappa shape index (κ3) is 1.92. The van der Waals surface area contributed by atoms with Crippen molar-refractivity contribution in [2.24, 2.45) is 0 Å². The third-order valence-corrected chi connectivity index (χ3v) is 2.25. The number of aromatic hydroxyl groups is 1. The van der Waals surface area contributed by atoms with Crippen molar-refractivity contribution in [2.75, 3.05) is 0 Å². The topological polar surface area (TPSA) is 83.6 Å². The van der Waals surface area contributed by atoms with Gasteiger partial charge in [0.1, 0.15) is 5.75 Å². The van der Waals surface area contributed by atoms with E-state index in [-0.39, 0.29) is 22.0 Å². The molecule has 1 aromatic carbocycles. The lowest BCUT2D eigenvalue weighted by atomic mass is 10.1. The maximum Gasteiger partial charge on any atom is 0.358 e. The predicted octanol–water partition coefficient (Wildman–Crippen LogP) is 2.51. The van der Waals surface area contributed by atoms with E-state index in [4.69, 9.17) is 9.52 Å². The summed E-state index contributed by atoms with van der Waals surface area (Å²) in [7, 11) is 0. The maximum atomic E-state index is 10.9. The predicted molar refractivity (Wildman–Crippen MR) is 58.3 cm³/mol. The van der Waals surface area contributed by atoms with Crippen LogP contribution in [0.25, 0.3) is 11.3 Å². The van der Waals surface area contributed by atoms with Crippen LogP contribution in [0.4, 0.5) is 0 Å². The summed E-state index contributed by atoms with van der Waals surface area (Å²) in [5, 5.41) is 18.2. The summed E-state index contributed by atoms with van der Waals surface area (Å²) < 4.78 is 5.13. The molecule has 0 radical (unpaired) electrons. The first-order valence-corrected chi connectivity index (χ1v) is 5.06. The molecular formula is C10H6BrNO4. The van der Waals surface area contributed by atoms with Gasteiger partial charge in [-0.2, -0.15) is 4.98 Å². The largest absolute Gasteiger partial charge is 0.508 e. The first kappa shape index (κ1) is 10.7. The van der Waals surface area contributed by atoms with Gasteiger partial charge in [0.05, 0.1) is 0 Å². The van der Waals surface area contributed by atoms with Crippen LogP contribution in [0.1, 0.15) is 10.5 Å². The monoisotopic (exact) mass is 283 g/mol. The van der Waals surface area contributed by atoms with Gasteiger partial charge in [-0.1, -0.05) is 12.1 Å². The lowest BCUT2D eigenvalue weighted by Crippen LogP contribution is -1.98. The summed E-state index contributed by atoms with van der Waals surface area (Å²) >= 11 is 2.96. The Balaban J connectivity index is 2.59. The Morgan fingerprint density at radius 2 is 2.19 bits per heavy atom. The highest BCUT2D eigenvalue weighted by atomic mass is 79.9. The fraction of sp³-hybridized carbons (Fsp3) is 0. The molecule has 0 spiro atoms. The van der Waals surface area contributed by atoms with Crippen molar-refractivity contribution in [2.45, 2.75) is 0 Å². The molecule has 2 N–H and O–H groups in total. The molecule has 5 nitrogen and oxygen atoms in total. The molecule has 0 saturated carbocycles. The molecule has 1 heterocycles. The van der Waals surface area contributed by atoms with Crippen LogP contribution in [0.2, 0.25) is 0 Å². The van der Waals surface area contributed by atoms with Crippen molar-refractivity contribution in [3.8, 4) is 17.1 Å². The average molecular weight is 284 g/mol. The molecule has 2 aromatic rings. The molecule has 0 unspecified atom stereocenters. The van der Waals surface area contributed by atoms with E-state index < -0.39 is 5.97 Å². The highest BCUT2D eigenvalue weighted by molar-refractivity contribution is 9.10. The first-order chi connectivity index (χ1) is 7.58. The highest BCUT2D eigenvalue weighted by Gasteiger charge is 2.19. The Bertz CT molecular complexity index is 550. The second-order valence-electron chi connectivity index (χ2n) is 3.00. The van der Waals surface area contributed by atoms with Crippen molar-refractivity contribution in [1.82, 2.24) is 4.98 Å². The standard InChI is InChI=1S/C10H6BrNO4/c11-10-12-7(9(14)15)8(16-10)5-2-1-3-6(13)4-5/h1-4,13H,(H,14,15). The number of hydrogen-bond acceptors (Lipinski definition) is 4. The van der Waals surface area contributed by atoms with Gasteiger partial charge in [-0.25, -0.2) is 4.79 Å². The number of carboxylic acid groups (broad SMARTS) is 1. The smallest absolute Gasteiger partial charge is 0.358 e. The van der Waals surface area contributed by atoms with Gasteiger partial charge in [-0.15, -0.1) is 0 Å². The van der Waals surface area contributed by atoms with Crippen LogP contribution in [0.3, 0.4) is 0 Å². The van der Waals surface area contributed by atoms with Crippen molar-refractivity contribution >= 4 is 21.9 Å². The third-order valence-electron chi connectivity index (χ3n) is 1.91. The van der Waals surface area contributed by atoms with Gasteiger partial charge in [0.15, 0.2) is 11.5 Å². The Kier molecular flexibility index (Phi) is 2.66. The number of nitrogens with zero attached hydrogens (tertiary/aromatic N) is 1. The molecule has 0 aliphatic carbocycles. The molecule has 0 saturated heterocycles. The summed E-state index contributed by atoms with van der Waals surface area (Å²) in [5.74, 6) is -1.05. The summed E-state index contributed by atoms with van der Waals surface area (Å²) in [5.41, 5.74) is 0.257. The summed E-state index contributed by atoms with van der Waals surface area (Å²) in [4.78, 5) is 14.7. The van der Waals surface area contributed by atoms with Gasteiger partial charge in [0.25, 0.3) is 4.80 Å². The molecule has 0 bridgehead atoms. The zero-order valence-electron chi connectivity index (χ0n) is 7.85. The summed E-state index contributed by atoms with van der Waals surface area (Å²) in [6.45, 7) is 0. The number of aromatic carboxylic acids is 1. The van der Waals surface area contributed by atoms with E-state index in [1.807, 2.05) is 0 Å². The number of phenols is 1. The highest BCUT2D eigenvalue weighted by Crippen LogP contribution is 2.29. The van der Waals surface area contributed by atoms with Crippen LogP contribution in [0.5, 0.6) is 5.75 Å². The van der Waals surface area contributed by atoms with E-state index in [0.717, 1.165) is 0 Å². The van der Waals surface area contributed by atoms with Crippen molar-refractivity contribution < 1.29 is 19.4 Å². The van der Waals surface area contributed by atoms with Crippen LogP contribution >= 0.6 is 15.9 Å². The number of carbonyl (C=O) groups is 1. The van der Waals surface area contributed by atoms with Gasteiger partial charge in [0, 0.05) is 21.5 Å². The molecule has 1 aromatic heterocycles. The Morgan fingerprint density at radius 3 is 2.81 bits per heavy atom. The fourth-order valence-electron chi connectivity index (χ4n) is 1.28. The summed E-state index contributed by atoms with van der Waals surface area (Å²) in [6.07, 6.45) is 0. The summed E-state index contributed by atoms with van der Waals surface area (Å²) in [6, 6.07) is 6.10. The lowest BCUT2D eigenvalue weighted by Gasteiger charge is -1.98. The van der Waals surface area contributed by atoms with Crippen molar-refractivity contribution in [1.29, 1.82) is 0 Å². The second kappa shape index (κ2) is 3.97. The minimum absolute atomic E-state index is 0.0290. The first-order valence-electron chi connectivity index (χ1n) is 4.27. The molecule has 16 heavy (non-hydrogen) atoms. The van der Waals surface area contributed by atoms with Gasteiger partial charge in [-0.05, 0) is 12.1 Å². The number of carboxylic acids is 1. The maximum absolute atomic E-state index is 10.9. The molecule has 82 valence electrons. The zero-order valence-corrected chi connectivity index (χ0v) is 9.43. The minimum Gasteiger partial charge on any atom is -0.508 e. The number of hydrogen-bond donors (Lipinski definition) is 2. The molecule has 0 amide bonds.